The fraction of sp³-hybridized carbons (Fsp3) is 0.400. The van der Waals surface area contributed by atoms with Crippen molar-refractivity contribution in [2.75, 3.05) is 19.6 Å². The lowest BCUT2D eigenvalue weighted by molar-refractivity contribution is -0.137. The number of rotatable bonds is 8. The van der Waals surface area contributed by atoms with Crippen molar-refractivity contribution in [3.63, 3.8) is 0 Å². The summed E-state index contributed by atoms with van der Waals surface area (Å²) >= 11 is 0. The van der Waals surface area contributed by atoms with Gasteiger partial charge in [0.1, 0.15) is 0 Å². The van der Waals surface area contributed by atoms with E-state index in [1.165, 1.54) is 6.92 Å². The summed E-state index contributed by atoms with van der Waals surface area (Å²) < 4.78 is 0. The molecule has 6 heteroatoms. The van der Waals surface area contributed by atoms with Gasteiger partial charge in [-0.15, -0.1) is 0 Å². The molecule has 6 nitrogen and oxygen atoms in total. The summed E-state index contributed by atoms with van der Waals surface area (Å²) in [5, 5.41) is 20.6. The quantitative estimate of drug-likeness (QED) is 0.744. The van der Waals surface area contributed by atoms with Gasteiger partial charge in [0.2, 0.25) is 5.91 Å². The first-order chi connectivity index (χ1) is 10.0. The fourth-order valence-electron chi connectivity index (χ4n) is 1.92. The van der Waals surface area contributed by atoms with Crippen molar-refractivity contribution in [2.45, 2.75) is 19.9 Å². The molecule has 0 heterocycles. The average molecular weight is 289 g/mol. The molecule has 0 saturated carbocycles. The van der Waals surface area contributed by atoms with E-state index in [1.54, 1.807) is 12.1 Å². The number of hydrogen-bond donors (Lipinski definition) is 2. The van der Waals surface area contributed by atoms with Gasteiger partial charge in [-0.1, -0.05) is 18.2 Å². The maximum Gasteiger partial charge on any atom is 0.304 e. The molecule has 0 aliphatic rings. The van der Waals surface area contributed by atoms with Gasteiger partial charge in [0.05, 0.1) is 18.1 Å². The van der Waals surface area contributed by atoms with Crippen molar-refractivity contribution in [3.8, 4) is 6.07 Å². The van der Waals surface area contributed by atoms with Crippen LogP contribution in [0.2, 0.25) is 0 Å². The normalized spacial score (nSPS) is 10.1. The second-order valence-corrected chi connectivity index (χ2v) is 4.67. The Kier molecular flexibility index (Phi) is 6.92. The van der Waals surface area contributed by atoms with E-state index in [1.807, 2.05) is 17.0 Å². The summed E-state index contributed by atoms with van der Waals surface area (Å²) in [6, 6.07) is 9.35. The molecule has 0 bridgehead atoms. The Labute approximate surface area is 124 Å². The topological polar surface area (TPSA) is 93.4 Å². The molecular formula is C15H19N3O3. The third-order valence-corrected chi connectivity index (χ3v) is 2.98. The molecule has 0 fully saturated rings. The van der Waals surface area contributed by atoms with E-state index in [0.717, 1.165) is 5.56 Å². The number of carbonyl (C=O) groups excluding carboxylic acids is 1. The molecule has 21 heavy (non-hydrogen) atoms. The number of nitriles is 1. The van der Waals surface area contributed by atoms with E-state index < -0.39 is 5.97 Å². The first-order valence-electron chi connectivity index (χ1n) is 6.69. The summed E-state index contributed by atoms with van der Waals surface area (Å²) in [6.07, 6.45) is 0.0226. The standard InChI is InChI=1S/C15H19N3O3/c1-12(19)17-7-9-18(8-6-15(20)21)11-14-5-3-2-4-13(14)10-16/h2-5H,6-9,11H2,1H3,(H,17,19)(H,20,21). The maximum absolute atomic E-state index is 10.9. The molecule has 0 radical (unpaired) electrons. The van der Waals surface area contributed by atoms with E-state index in [9.17, 15) is 9.59 Å². The highest BCUT2D eigenvalue weighted by Gasteiger charge is 2.11. The molecule has 1 aromatic rings. The highest BCUT2D eigenvalue weighted by atomic mass is 16.4. The second-order valence-electron chi connectivity index (χ2n) is 4.67. The van der Waals surface area contributed by atoms with Crippen molar-refractivity contribution < 1.29 is 14.7 Å². The van der Waals surface area contributed by atoms with Crippen LogP contribution in [0.5, 0.6) is 0 Å². The predicted octanol–water partition coefficient (Wildman–Crippen LogP) is 0.971. The Balaban J connectivity index is 2.68. The summed E-state index contributed by atoms with van der Waals surface area (Å²) in [4.78, 5) is 23.5. The highest BCUT2D eigenvalue weighted by molar-refractivity contribution is 5.72. The monoisotopic (exact) mass is 289 g/mol. The van der Waals surface area contributed by atoms with Crippen LogP contribution in [0.1, 0.15) is 24.5 Å². The molecule has 0 aliphatic carbocycles. The van der Waals surface area contributed by atoms with E-state index >= 15 is 0 Å². The minimum absolute atomic E-state index is 0.0226. The number of aliphatic carboxylic acids is 1. The lowest BCUT2D eigenvalue weighted by Gasteiger charge is -2.22. The molecule has 0 aromatic heterocycles. The number of nitrogens with one attached hydrogen (secondary N) is 1. The third-order valence-electron chi connectivity index (χ3n) is 2.98. The van der Waals surface area contributed by atoms with Gasteiger partial charge >= 0.3 is 5.97 Å². The number of hydrogen-bond acceptors (Lipinski definition) is 4. The SMILES string of the molecule is CC(=O)NCCN(CCC(=O)O)Cc1ccccc1C#N. The molecule has 1 amide bonds. The van der Waals surface area contributed by atoms with E-state index in [4.69, 9.17) is 10.4 Å². The summed E-state index contributed by atoms with van der Waals surface area (Å²) in [6.45, 7) is 3.27. The first-order valence-corrected chi connectivity index (χ1v) is 6.69. The van der Waals surface area contributed by atoms with Crippen LogP contribution < -0.4 is 5.32 Å². The van der Waals surface area contributed by atoms with Crippen LogP contribution in [-0.2, 0) is 16.1 Å². The summed E-state index contributed by atoms with van der Waals surface area (Å²) in [5.41, 5.74) is 1.44. The van der Waals surface area contributed by atoms with Gasteiger partial charge in [0.15, 0.2) is 0 Å². The van der Waals surface area contributed by atoms with E-state index in [2.05, 4.69) is 11.4 Å². The van der Waals surface area contributed by atoms with Gasteiger partial charge in [-0.05, 0) is 11.6 Å². The molecule has 0 spiro atoms. The fourth-order valence-corrected chi connectivity index (χ4v) is 1.92. The molecule has 112 valence electrons. The molecule has 2 N–H and O–H groups in total. The zero-order valence-electron chi connectivity index (χ0n) is 12.0. The Morgan fingerprint density at radius 2 is 2.05 bits per heavy atom. The van der Waals surface area contributed by atoms with Crippen LogP contribution in [-0.4, -0.2) is 41.5 Å². The van der Waals surface area contributed by atoms with Crippen LogP contribution in [0.4, 0.5) is 0 Å². The number of nitrogens with zero attached hydrogens (tertiary/aromatic N) is 2. The zero-order chi connectivity index (χ0) is 15.7. The summed E-state index contributed by atoms with van der Waals surface area (Å²) in [7, 11) is 0. The molecule has 1 aromatic carbocycles. The van der Waals surface area contributed by atoms with Crippen LogP contribution >= 0.6 is 0 Å². The third kappa shape index (κ3) is 6.54. The van der Waals surface area contributed by atoms with Gasteiger partial charge in [0.25, 0.3) is 0 Å². The molecule has 0 aliphatic heterocycles. The molecule has 1 rings (SSSR count). The van der Waals surface area contributed by atoms with Crippen molar-refractivity contribution >= 4 is 11.9 Å². The van der Waals surface area contributed by atoms with Crippen molar-refractivity contribution in [2.24, 2.45) is 0 Å². The highest BCUT2D eigenvalue weighted by Crippen LogP contribution is 2.10. The largest absolute Gasteiger partial charge is 0.481 e. The molecule has 0 atom stereocenters. The van der Waals surface area contributed by atoms with Crippen molar-refractivity contribution in [1.82, 2.24) is 10.2 Å². The Morgan fingerprint density at radius 1 is 1.33 bits per heavy atom. The Morgan fingerprint density at radius 3 is 2.67 bits per heavy atom. The lowest BCUT2D eigenvalue weighted by atomic mass is 10.1. The average Bonchev–Trinajstić information content (AvgIpc) is 2.44. The second kappa shape index (κ2) is 8.72. The van der Waals surface area contributed by atoms with Gasteiger partial charge in [-0.3, -0.25) is 14.5 Å². The number of carbonyl (C=O) groups is 2. The van der Waals surface area contributed by atoms with E-state index in [0.29, 0.717) is 31.7 Å². The molecule has 0 unspecified atom stereocenters. The number of benzene rings is 1. The zero-order valence-corrected chi connectivity index (χ0v) is 12.0. The lowest BCUT2D eigenvalue weighted by Crippen LogP contribution is -2.35. The minimum Gasteiger partial charge on any atom is -0.481 e. The number of carboxylic acid groups (broad SMARTS) is 1. The van der Waals surface area contributed by atoms with Crippen LogP contribution in [0.15, 0.2) is 24.3 Å². The molecular weight excluding hydrogens is 270 g/mol. The van der Waals surface area contributed by atoms with Crippen LogP contribution in [0.25, 0.3) is 0 Å². The maximum atomic E-state index is 10.9. The van der Waals surface area contributed by atoms with Gasteiger partial charge in [-0.2, -0.15) is 5.26 Å². The molecule has 0 saturated heterocycles. The number of amides is 1. The predicted molar refractivity (Wildman–Crippen MR) is 77.4 cm³/mol. The number of carboxylic acids is 1. The van der Waals surface area contributed by atoms with Crippen LogP contribution in [0, 0.1) is 11.3 Å². The Bertz CT molecular complexity index is 537. The van der Waals surface area contributed by atoms with Gasteiger partial charge < -0.3 is 10.4 Å². The van der Waals surface area contributed by atoms with Crippen molar-refractivity contribution in [3.05, 3.63) is 35.4 Å². The first kappa shape index (κ1) is 16.7. The summed E-state index contributed by atoms with van der Waals surface area (Å²) in [5.74, 6) is -0.987. The van der Waals surface area contributed by atoms with Gasteiger partial charge in [-0.25, -0.2) is 0 Å². The van der Waals surface area contributed by atoms with Gasteiger partial charge in [0, 0.05) is 33.1 Å². The van der Waals surface area contributed by atoms with E-state index in [-0.39, 0.29) is 12.3 Å². The smallest absolute Gasteiger partial charge is 0.304 e. The minimum atomic E-state index is -0.868. The Hall–Kier alpha value is -2.39. The van der Waals surface area contributed by atoms with Crippen LogP contribution in [0.3, 0.4) is 0 Å². The van der Waals surface area contributed by atoms with Crippen molar-refractivity contribution in [1.29, 1.82) is 5.26 Å².